The van der Waals surface area contributed by atoms with Gasteiger partial charge in [0.25, 0.3) is 5.91 Å². The number of nitrogens with one attached hydrogen (secondary N) is 1. The molecular formula is C19H25N3O3S. The Hall–Kier alpha value is -2.38. The quantitative estimate of drug-likeness (QED) is 0.743. The minimum absolute atomic E-state index is 0.191. The molecule has 0 radical (unpaired) electrons. The van der Waals surface area contributed by atoms with Crippen LogP contribution in [-0.2, 0) is 4.79 Å². The molecule has 0 saturated heterocycles. The molecule has 1 atom stereocenters. The fourth-order valence-electron chi connectivity index (χ4n) is 2.53. The molecule has 0 saturated carbocycles. The fourth-order valence-corrected chi connectivity index (χ4v) is 3.33. The molecule has 0 unspecified atom stereocenters. The molecular weight excluding hydrogens is 350 g/mol. The Morgan fingerprint density at radius 2 is 1.92 bits per heavy atom. The van der Waals surface area contributed by atoms with Gasteiger partial charge in [-0.05, 0) is 62.5 Å². The fraction of sp³-hybridized carbons (Fsp3) is 0.368. The van der Waals surface area contributed by atoms with E-state index >= 15 is 0 Å². The van der Waals surface area contributed by atoms with E-state index < -0.39 is 5.91 Å². The highest BCUT2D eigenvalue weighted by Gasteiger charge is 2.20. The molecule has 6 nitrogen and oxygen atoms in total. The Balaban J connectivity index is 1.86. The van der Waals surface area contributed by atoms with Gasteiger partial charge in [-0.2, -0.15) is 0 Å². The van der Waals surface area contributed by atoms with E-state index in [1.54, 1.807) is 11.4 Å². The Morgan fingerprint density at radius 3 is 2.54 bits per heavy atom. The average Bonchev–Trinajstić information content (AvgIpc) is 3.01. The lowest BCUT2D eigenvalue weighted by molar-refractivity contribution is -0.120. The molecule has 7 heteroatoms. The second kappa shape index (κ2) is 8.82. The summed E-state index contributed by atoms with van der Waals surface area (Å²) in [6.07, 6.45) is 0. The Morgan fingerprint density at radius 1 is 1.27 bits per heavy atom. The van der Waals surface area contributed by atoms with Gasteiger partial charge in [0, 0.05) is 6.54 Å². The number of amides is 2. The van der Waals surface area contributed by atoms with E-state index in [0.717, 1.165) is 16.9 Å². The highest BCUT2D eigenvalue weighted by Crippen LogP contribution is 2.23. The van der Waals surface area contributed by atoms with Gasteiger partial charge in [0.05, 0.1) is 11.6 Å². The topological polar surface area (TPSA) is 84.7 Å². The first-order valence-electron chi connectivity index (χ1n) is 8.37. The summed E-state index contributed by atoms with van der Waals surface area (Å²) in [5.74, 6) is 0.0888. The predicted molar refractivity (Wildman–Crippen MR) is 105 cm³/mol. The van der Waals surface area contributed by atoms with Crippen LogP contribution in [0.15, 0.2) is 29.6 Å². The number of carbonyl (C=O) groups is 2. The van der Waals surface area contributed by atoms with Crippen molar-refractivity contribution in [1.82, 2.24) is 4.90 Å². The van der Waals surface area contributed by atoms with Crippen molar-refractivity contribution in [2.24, 2.45) is 5.73 Å². The highest BCUT2D eigenvalue weighted by atomic mass is 32.1. The number of primary amides is 1. The first kappa shape index (κ1) is 19.9. The number of benzene rings is 1. The van der Waals surface area contributed by atoms with Crippen LogP contribution in [0, 0.1) is 13.8 Å². The first-order valence-corrected chi connectivity index (χ1v) is 9.25. The van der Waals surface area contributed by atoms with Crippen LogP contribution < -0.4 is 15.8 Å². The normalized spacial score (nSPS) is 12.0. The summed E-state index contributed by atoms with van der Waals surface area (Å²) in [7, 11) is 1.86. The van der Waals surface area contributed by atoms with Crippen molar-refractivity contribution in [3.8, 4) is 5.75 Å². The molecule has 2 aromatic rings. The van der Waals surface area contributed by atoms with Crippen LogP contribution in [0.4, 0.5) is 5.00 Å². The van der Waals surface area contributed by atoms with Crippen LogP contribution in [0.3, 0.4) is 0 Å². The van der Waals surface area contributed by atoms with E-state index in [2.05, 4.69) is 11.4 Å². The van der Waals surface area contributed by atoms with E-state index in [-0.39, 0.29) is 11.9 Å². The monoisotopic (exact) mass is 375 g/mol. The second-order valence-electron chi connectivity index (χ2n) is 6.35. The lowest BCUT2D eigenvalue weighted by atomic mass is 10.1. The third kappa shape index (κ3) is 5.31. The Bertz CT molecular complexity index is 768. The average molecular weight is 375 g/mol. The van der Waals surface area contributed by atoms with Crippen molar-refractivity contribution in [1.29, 1.82) is 0 Å². The van der Waals surface area contributed by atoms with Crippen molar-refractivity contribution >= 4 is 28.2 Å². The molecule has 1 aromatic heterocycles. The lowest BCUT2D eigenvalue weighted by Gasteiger charge is -2.23. The number of ether oxygens (including phenoxy) is 1. The zero-order valence-corrected chi connectivity index (χ0v) is 16.4. The Kier molecular flexibility index (Phi) is 6.76. The van der Waals surface area contributed by atoms with Crippen LogP contribution in [0.2, 0.25) is 0 Å². The zero-order chi connectivity index (χ0) is 19.3. The number of anilines is 1. The SMILES string of the molecule is Cc1cc(C)cc(OCCN(C)[C@H](C)C(=O)Nc2sccc2C(N)=O)c1. The van der Waals surface area contributed by atoms with Gasteiger partial charge >= 0.3 is 0 Å². The highest BCUT2D eigenvalue weighted by molar-refractivity contribution is 7.14. The van der Waals surface area contributed by atoms with Gasteiger partial charge in [0.15, 0.2) is 0 Å². The number of carbonyl (C=O) groups excluding carboxylic acids is 2. The molecule has 0 spiro atoms. The van der Waals surface area contributed by atoms with Gasteiger partial charge in [-0.15, -0.1) is 11.3 Å². The Labute approximate surface area is 157 Å². The smallest absolute Gasteiger partial charge is 0.251 e. The summed E-state index contributed by atoms with van der Waals surface area (Å²) in [5, 5.41) is 4.98. The molecule has 1 aromatic carbocycles. The van der Waals surface area contributed by atoms with Crippen molar-refractivity contribution in [3.63, 3.8) is 0 Å². The van der Waals surface area contributed by atoms with Crippen LogP contribution in [-0.4, -0.2) is 43.0 Å². The summed E-state index contributed by atoms with van der Waals surface area (Å²) in [6.45, 7) is 6.94. The van der Waals surface area contributed by atoms with Gasteiger partial charge < -0.3 is 15.8 Å². The number of nitrogens with two attached hydrogens (primary N) is 1. The lowest BCUT2D eigenvalue weighted by Crippen LogP contribution is -2.41. The number of hydrogen-bond donors (Lipinski definition) is 2. The molecule has 0 bridgehead atoms. The van der Waals surface area contributed by atoms with Crippen molar-refractivity contribution in [3.05, 3.63) is 46.3 Å². The molecule has 0 aliphatic rings. The van der Waals surface area contributed by atoms with Gasteiger partial charge in [0.2, 0.25) is 5.91 Å². The molecule has 0 aliphatic carbocycles. The molecule has 0 aliphatic heterocycles. The maximum absolute atomic E-state index is 12.4. The van der Waals surface area contributed by atoms with Crippen molar-refractivity contribution < 1.29 is 14.3 Å². The van der Waals surface area contributed by atoms with Crippen LogP contribution in [0.5, 0.6) is 5.75 Å². The van der Waals surface area contributed by atoms with E-state index in [1.165, 1.54) is 11.3 Å². The molecule has 0 fully saturated rings. The van der Waals surface area contributed by atoms with E-state index in [9.17, 15) is 9.59 Å². The molecule has 140 valence electrons. The van der Waals surface area contributed by atoms with Gasteiger partial charge in [0.1, 0.15) is 17.4 Å². The van der Waals surface area contributed by atoms with Crippen molar-refractivity contribution in [2.75, 3.05) is 25.5 Å². The van der Waals surface area contributed by atoms with E-state index in [1.807, 2.05) is 44.9 Å². The number of hydrogen-bond acceptors (Lipinski definition) is 5. The number of nitrogens with zero attached hydrogens (tertiary/aromatic N) is 1. The molecule has 3 N–H and O–H groups in total. The molecule has 1 heterocycles. The van der Waals surface area contributed by atoms with E-state index in [0.29, 0.717) is 23.7 Å². The second-order valence-corrected chi connectivity index (χ2v) is 7.26. The van der Waals surface area contributed by atoms with Crippen molar-refractivity contribution in [2.45, 2.75) is 26.8 Å². The molecule has 26 heavy (non-hydrogen) atoms. The standard InChI is InChI=1S/C19H25N3O3S/c1-12-9-13(2)11-15(10-12)25-7-6-22(4)14(3)18(24)21-19-16(17(20)23)5-8-26-19/h5,8-11,14H,6-7H2,1-4H3,(H2,20,23)(H,21,24)/t14-/m1/s1. The zero-order valence-electron chi connectivity index (χ0n) is 15.5. The number of aryl methyl sites for hydroxylation is 2. The maximum Gasteiger partial charge on any atom is 0.251 e. The summed E-state index contributed by atoms with van der Waals surface area (Å²) in [4.78, 5) is 25.7. The van der Waals surface area contributed by atoms with Crippen LogP contribution in [0.25, 0.3) is 0 Å². The molecule has 2 rings (SSSR count). The van der Waals surface area contributed by atoms with Gasteiger partial charge in [-0.1, -0.05) is 6.07 Å². The number of thiophene rings is 1. The predicted octanol–water partition coefficient (Wildman–Crippen LogP) is 2.80. The summed E-state index contributed by atoms with van der Waals surface area (Å²) in [6, 6.07) is 7.31. The van der Waals surface area contributed by atoms with Crippen LogP contribution in [0.1, 0.15) is 28.4 Å². The summed E-state index contributed by atoms with van der Waals surface area (Å²) in [5.41, 5.74) is 7.94. The summed E-state index contributed by atoms with van der Waals surface area (Å²) >= 11 is 1.28. The number of likely N-dealkylation sites (N-methyl/N-ethyl adjacent to an activating group) is 1. The third-order valence-corrected chi connectivity index (χ3v) is 4.95. The van der Waals surface area contributed by atoms with Gasteiger partial charge in [-0.25, -0.2) is 0 Å². The first-order chi connectivity index (χ1) is 12.3. The largest absolute Gasteiger partial charge is 0.492 e. The summed E-state index contributed by atoms with van der Waals surface area (Å²) < 4.78 is 5.79. The third-order valence-electron chi connectivity index (χ3n) is 4.12. The maximum atomic E-state index is 12.4. The minimum atomic E-state index is -0.551. The number of rotatable bonds is 8. The molecule has 2 amide bonds. The van der Waals surface area contributed by atoms with E-state index in [4.69, 9.17) is 10.5 Å². The van der Waals surface area contributed by atoms with Crippen LogP contribution >= 0.6 is 11.3 Å². The minimum Gasteiger partial charge on any atom is -0.492 e. The van der Waals surface area contributed by atoms with Gasteiger partial charge in [-0.3, -0.25) is 14.5 Å².